The third-order valence-electron chi connectivity index (χ3n) is 11.4. The standard InChI is InChI=1S/2C24H49NO2.Ca/c2*1-4-6-8-10-12-17-21-25(22-18-13-11-9-7-5-2)23(3)19-15-14-16-20-24(26)27;/h2*23H,4-22H2,1-3H3,(H,26,27);/q;;+2/p-2. The molecule has 6 nitrogen and oxygen atoms in total. The predicted octanol–water partition coefficient (Wildman–Crippen LogP) is 11.8. The Morgan fingerprint density at radius 2 is 0.582 bits per heavy atom. The van der Waals surface area contributed by atoms with Crippen LogP contribution < -0.4 is 10.2 Å². The molecule has 2 unspecified atom stereocenters. The van der Waals surface area contributed by atoms with E-state index in [9.17, 15) is 19.8 Å². The molecular formula is C48H96CaN2O4. The van der Waals surface area contributed by atoms with E-state index in [0.717, 1.165) is 38.5 Å². The smallest absolute Gasteiger partial charge is 0.550 e. The largest absolute Gasteiger partial charge is 2.00 e. The monoisotopic (exact) mass is 805 g/mol. The quantitative estimate of drug-likeness (QED) is 0.0451. The van der Waals surface area contributed by atoms with E-state index in [2.05, 4.69) is 51.3 Å². The first kappa shape index (κ1) is 59.4. The third kappa shape index (κ3) is 46.7. The zero-order valence-electron chi connectivity index (χ0n) is 38.3. The van der Waals surface area contributed by atoms with Crippen LogP contribution in [0.25, 0.3) is 0 Å². The Morgan fingerprint density at radius 3 is 0.818 bits per heavy atom. The second kappa shape index (κ2) is 48.5. The van der Waals surface area contributed by atoms with Crippen molar-refractivity contribution in [2.75, 3.05) is 26.2 Å². The molecular weight excluding hydrogens is 709 g/mol. The molecule has 0 aromatic rings. The van der Waals surface area contributed by atoms with Crippen LogP contribution in [0.15, 0.2) is 0 Å². The predicted molar refractivity (Wildman–Crippen MR) is 238 cm³/mol. The van der Waals surface area contributed by atoms with Gasteiger partial charge in [-0.25, -0.2) is 0 Å². The van der Waals surface area contributed by atoms with Crippen LogP contribution in [0.1, 0.15) is 260 Å². The van der Waals surface area contributed by atoms with Crippen LogP contribution in [-0.4, -0.2) is 97.7 Å². The number of carboxylic acids is 2. The van der Waals surface area contributed by atoms with E-state index in [1.807, 2.05) is 0 Å². The molecule has 0 N–H and O–H groups in total. The summed E-state index contributed by atoms with van der Waals surface area (Å²) in [5.74, 6) is -1.81. The maximum atomic E-state index is 10.5. The maximum Gasteiger partial charge on any atom is 2.00 e. The Bertz CT molecular complexity index is 676. The zero-order valence-corrected chi connectivity index (χ0v) is 40.5. The van der Waals surface area contributed by atoms with Crippen molar-refractivity contribution >= 4 is 49.7 Å². The number of carbonyl (C=O) groups is 2. The summed E-state index contributed by atoms with van der Waals surface area (Å²) in [7, 11) is 0. The maximum absolute atomic E-state index is 10.5. The van der Waals surface area contributed by atoms with E-state index in [4.69, 9.17) is 0 Å². The van der Waals surface area contributed by atoms with E-state index >= 15 is 0 Å². The van der Waals surface area contributed by atoms with Gasteiger partial charge in [-0.05, 0) is 104 Å². The van der Waals surface area contributed by atoms with Crippen molar-refractivity contribution < 1.29 is 19.8 Å². The summed E-state index contributed by atoms with van der Waals surface area (Å²) in [6.07, 6.45) is 41.3. The first-order chi connectivity index (χ1) is 26.2. The normalized spacial score (nSPS) is 12.4. The van der Waals surface area contributed by atoms with E-state index in [-0.39, 0.29) is 50.6 Å². The number of carboxylic acid groups (broad SMARTS) is 2. The minimum atomic E-state index is -0.907. The second-order valence-corrected chi connectivity index (χ2v) is 16.8. The van der Waals surface area contributed by atoms with Gasteiger partial charge >= 0.3 is 37.7 Å². The molecule has 55 heavy (non-hydrogen) atoms. The second-order valence-electron chi connectivity index (χ2n) is 16.8. The molecule has 0 aromatic carbocycles. The fourth-order valence-corrected chi connectivity index (χ4v) is 7.62. The Kier molecular flexibility index (Phi) is 52.4. The Balaban J connectivity index is -0.000000966. The molecule has 0 aliphatic heterocycles. The molecule has 0 bridgehead atoms. The third-order valence-corrected chi connectivity index (χ3v) is 11.4. The van der Waals surface area contributed by atoms with Gasteiger partial charge in [0.15, 0.2) is 0 Å². The van der Waals surface area contributed by atoms with Crippen LogP contribution >= 0.6 is 0 Å². The van der Waals surface area contributed by atoms with Crippen molar-refractivity contribution in [3.8, 4) is 0 Å². The summed E-state index contributed by atoms with van der Waals surface area (Å²) in [6.45, 7) is 18.8. The fraction of sp³-hybridized carbons (Fsp3) is 0.958. The number of rotatable bonds is 42. The average molecular weight is 805 g/mol. The molecule has 0 heterocycles. The minimum Gasteiger partial charge on any atom is -0.550 e. The van der Waals surface area contributed by atoms with Gasteiger partial charge in [0.25, 0.3) is 0 Å². The Morgan fingerprint density at radius 1 is 0.364 bits per heavy atom. The van der Waals surface area contributed by atoms with Gasteiger partial charge < -0.3 is 29.6 Å². The van der Waals surface area contributed by atoms with Gasteiger partial charge in [0, 0.05) is 24.0 Å². The van der Waals surface area contributed by atoms with Crippen molar-refractivity contribution in [3.05, 3.63) is 0 Å². The number of nitrogens with zero attached hydrogens (tertiary/aromatic N) is 2. The average Bonchev–Trinajstić information content (AvgIpc) is 3.15. The number of hydrogen-bond donors (Lipinski definition) is 0. The van der Waals surface area contributed by atoms with Crippen molar-refractivity contribution in [1.29, 1.82) is 0 Å². The Hall–Kier alpha value is 0.120. The number of hydrogen-bond acceptors (Lipinski definition) is 6. The van der Waals surface area contributed by atoms with E-state index in [0.29, 0.717) is 12.1 Å². The molecule has 0 fully saturated rings. The molecule has 0 amide bonds. The summed E-state index contributed by atoms with van der Waals surface area (Å²) in [5.41, 5.74) is 0. The molecule has 0 aliphatic carbocycles. The summed E-state index contributed by atoms with van der Waals surface area (Å²) < 4.78 is 0. The minimum absolute atomic E-state index is 0. The molecule has 0 rings (SSSR count). The van der Waals surface area contributed by atoms with E-state index in [1.165, 1.54) is 193 Å². The van der Waals surface area contributed by atoms with Crippen LogP contribution in [0.5, 0.6) is 0 Å². The van der Waals surface area contributed by atoms with E-state index in [1.54, 1.807) is 0 Å². The van der Waals surface area contributed by atoms with Crippen LogP contribution in [0.4, 0.5) is 0 Å². The molecule has 0 aliphatic rings. The molecule has 0 saturated carbocycles. The van der Waals surface area contributed by atoms with Gasteiger partial charge in [-0.15, -0.1) is 0 Å². The van der Waals surface area contributed by atoms with Gasteiger partial charge in [0.1, 0.15) is 0 Å². The van der Waals surface area contributed by atoms with Gasteiger partial charge in [-0.3, -0.25) is 0 Å². The molecule has 7 heteroatoms. The summed E-state index contributed by atoms with van der Waals surface area (Å²) in [6, 6.07) is 1.25. The summed E-state index contributed by atoms with van der Waals surface area (Å²) in [5, 5.41) is 21.0. The van der Waals surface area contributed by atoms with Crippen LogP contribution in [0.2, 0.25) is 0 Å². The van der Waals surface area contributed by atoms with Crippen LogP contribution in [-0.2, 0) is 9.59 Å². The van der Waals surface area contributed by atoms with Crippen molar-refractivity contribution in [1.82, 2.24) is 9.80 Å². The van der Waals surface area contributed by atoms with Gasteiger partial charge in [0.05, 0.1) is 0 Å². The number of unbranched alkanes of at least 4 members (excludes halogenated alkanes) is 24. The molecule has 0 radical (unpaired) electrons. The van der Waals surface area contributed by atoms with Crippen molar-refractivity contribution in [3.63, 3.8) is 0 Å². The van der Waals surface area contributed by atoms with Crippen LogP contribution in [0, 0.1) is 0 Å². The summed E-state index contributed by atoms with van der Waals surface area (Å²) in [4.78, 5) is 26.4. The SMILES string of the molecule is CCCCCCCCN(CCCCCCCC)C(C)CCCCCC(=O)[O-].CCCCCCCCN(CCCCCCCC)C(C)CCCCCC(=O)[O-].[Ca+2]. The Labute approximate surface area is 374 Å². The van der Waals surface area contributed by atoms with Gasteiger partial charge in [-0.1, -0.05) is 182 Å². The van der Waals surface area contributed by atoms with Crippen molar-refractivity contribution in [2.24, 2.45) is 0 Å². The fourth-order valence-electron chi connectivity index (χ4n) is 7.62. The molecule has 324 valence electrons. The summed E-state index contributed by atoms with van der Waals surface area (Å²) >= 11 is 0. The topological polar surface area (TPSA) is 86.7 Å². The zero-order chi connectivity index (χ0) is 40.3. The first-order valence-corrected chi connectivity index (χ1v) is 24.1. The van der Waals surface area contributed by atoms with Gasteiger partial charge in [0.2, 0.25) is 0 Å². The number of carbonyl (C=O) groups excluding carboxylic acids is 2. The molecule has 0 aromatic heterocycles. The number of aliphatic carboxylic acids is 2. The van der Waals surface area contributed by atoms with Crippen molar-refractivity contribution in [2.45, 2.75) is 272 Å². The van der Waals surface area contributed by atoms with Crippen LogP contribution in [0.3, 0.4) is 0 Å². The van der Waals surface area contributed by atoms with E-state index < -0.39 is 11.9 Å². The molecule has 2 atom stereocenters. The first-order valence-electron chi connectivity index (χ1n) is 24.1. The molecule has 0 saturated heterocycles. The molecule has 0 spiro atoms. The van der Waals surface area contributed by atoms with Gasteiger partial charge in [-0.2, -0.15) is 0 Å².